The van der Waals surface area contributed by atoms with Crippen molar-refractivity contribution in [1.82, 2.24) is 5.32 Å². The minimum atomic E-state index is 0.256. The predicted octanol–water partition coefficient (Wildman–Crippen LogP) is 3.73. The molecule has 1 aliphatic heterocycles. The highest BCUT2D eigenvalue weighted by molar-refractivity contribution is 7.12. The van der Waals surface area contributed by atoms with Gasteiger partial charge in [0.25, 0.3) is 0 Å². The molecule has 2 atom stereocenters. The summed E-state index contributed by atoms with van der Waals surface area (Å²) >= 11 is 1.96. The zero-order valence-electron chi connectivity index (χ0n) is 12.0. The van der Waals surface area contributed by atoms with Gasteiger partial charge in [0.2, 0.25) is 0 Å². The summed E-state index contributed by atoms with van der Waals surface area (Å²) in [4.78, 5) is 2.94. The molecule has 0 bridgehead atoms. The van der Waals surface area contributed by atoms with Crippen LogP contribution >= 0.6 is 11.3 Å². The molecule has 1 aromatic heterocycles. The normalized spacial score (nSPS) is 22.3. The standard InChI is InChI=1S/C15H25NOS/c1-5-16-14(11-8-9-17-10-11)12-6-7-13(18-12)15(2,3)4/h6-7,11,14,16H,5,8-10H2,1-4H3. The van der Waals surface area contributed by atoms with Gasteiger partial charge in [0.05, 0.1) is 6.61 Å². The van der Waals surface area contributed by atoms with E-state index in [1.807, 2.05) is 11.3 Å². The van der Waals surface area contributed by atoms with E-state index in [-0.39, 0.29) is 5.41 Å². The Morgan fingerprint density at radius 1 is 1.44 bits per heavy atom. The monoisotopic (exact) mass is 267 g/mol. The van der Waals surface area contributed by atoms with E-state index in [9.17, 15) is 0 Å². The lowest BCUT2D eigenvalue weighted by atomic mass is 9.94. The molecule has 2 rings (SSSR count). The second kappa shape index (κ2) is 5.72. The van der Waals surface area contributed by atoms with Crippen molar-refractivity contribution < 1.29 is 4.74 Å². The molecular formula is C15H25NOS. The van der Waals surface area contributed by atoms with Crippen LogP contribution in [-0.4, -0.2) is 19.8 Å². The Balaban J connectivity index is 2.17. The third-order valence-electron chi connectivity index (χ3n) is 3.53. The molecule has 0 radical (unpaired) electrons. The first-order valence-corrected chi connectivity index (χ1v) is 7.75. The highest BCUT2D eigenvalue weighted by atomic mass is 32.1. The van der Waals surface area contributed by atoms with Crippen molar-refractivity contribution in [3.8, 4) is 0 Å². The topological polar surface area (TPSA) is 21.3 Å². The lowest BCUT2D eigenvalue weighted by molar-refractivity contribution is 0.177. The SMILES string of the molecule is CCNC(c1ccc(C(C)(C)C)s1)C1CCOC1. The van der Waals surface area contributed by atoms with E-state index < -0.39 is 0 Å². The molecular weight excluding hydrogens is 242 g/mol. The number of nitrogens with one attached hydrogen (secondary N) is 1. The van der Waals surface area contributed by atoms with Gasteiger partial charge >= 0.3 is 0 Å². The van der Waals surface area contributed by atoms with Crippen molar-refractivity contribution in [3.05, 3.63) is 21.9 Å². The van der Waals surface area contributed by atoms with Gasteiger partial charge in [-0.1, -0.05) is 27.7 Å². The quantitative estimate of drug-likeness (QED) is 0.897. The minimum absolute atomic E-state index is 0.256. The molecule has 2 heterocycles. The van der Waals surface area contributed by atoms with Crippen LogP contribution in [0.1, 0.15) is 49.9 Å². The van der Waals surface area contributed by atoms with Gasteiger partial charge in [0.15, 0.2) is 0 Å². The van der Waals surface area contributed by atoms with E-state index in [1.165, 1.54) is 16.2 Å². The highest BCUT2D eigenvalue weighted by Crippen LogP contribution is 2.36. The van der Waals surface area contributed by atoms with E-state index in [1.54, 1.807) is 0 Å². The molecule has 2 unspecified atom stereocenters. The molecule has 1 N–H and O–H groups in total. The van der Waals surface area contributed by atoms with Crippen molar-refractivity contribution in [2.45, 2.75) is 45.6 Å². The van der Waals surface area contributed by atoms with Crippen molar-refractivity contribution >= 4 is 11.3 Å². The second-order valence-corrected chi connectivity index (χ2v) is 7.23. The lowest BCUT2D eigenvalue weighted by Gasteiger charge is -2.22. The van der Waals surface area contributed by atoms with E-state index in [4.69, 9.17) is 4.74 Å². The summed E-state index contributed by atoms with van der Waals surface area (Å²) in [5, 5.41) is 3.64. The van der Waals surface area contributed by atoms with Crippen LogP contribution in [0.15, 0.2) is 12.1 Å². The Morgan fingerprint density at radius 2 is 2.22 bits per heavy atom. The average molecular weight is 267 g/mol. The fourth-order valence-electron chi connectivity index (χ4n) is 2.46. The molecule has 2 nitrogen and oxygen atoms in total. The van der Waals surface area contributed by atoms with Crippen LogP contribution in [0.5, 0.6) is 0 Å². The van der Waals surface area contributed by atoms with Crippen LogP contribution in [0, 0.1) is 5.92 Å². The molecule has 102 valence electrons. The minimum Gasteiger partial charge on any atom is -0.381 e. The van der Waals surface area contributed by atoms with E-state index >= 15 is 0 Å². The van der Waals surface area contributed by atoms with Gasteiger partial charge in [-0.2, -0.15) is 0 Å². The van der Waals surface area contributed by atoms with Gasteiger partial charge in [0.1, 0.15) is 0 Å². The molecule has 1 aromatic rings. The molecule has 1 fully saturated rings. The Kier molecular flexibility index (Phi) is 4.46. The van der Waals surface area contributed by atoms with Crippen molar-refractivity contribution in [3.63, 3.8) is 0 Å². The third kappa shape index (κ3) is 3.14. The largest absolute Gasteiger partial charge is 0.381 e. The van der Waals surface area contributed by atoms with Gasteiger partial charge in [-0.25, -0.2) is 0 Å². The summed E-state index contributed by atoms with van der Waals surface area (Å²) in [5.41, 5.74) is 0.256. The summed E-state index contributed by atoms with van der Waals surface area (Å²) in [7, 11) is 0. The van der Waals surface area contributed by atoms with Gasteiger partial charge in [-0.15, -0.1) is 11.3 Å². The first-order valence-electron chi connectivity index (χ1n) is 6.93. The van der Waals surface area contributed by atoms with Crippen molar-refractivity contribution in [2.24, 2.45) is 5.92 Å². The smallest absolute Gasteiger partial charge is 0.0513 e. The Labute approximate surface area is 115 Å². The van der Waals surface area contributed by atoms with E-state index in [0.29, 0.717) is 12.0 Å². The second-order valence-electron chi connectivity index (χ2n) is 6.11. The van der Waals surface area contributed by atoms with Gasteiger partial charge in [-0.05, 0) is 30.5 Å². The summed E-state index contributed by atoms with van der Waals surface area (Å²) in [6, 6.07) is 5.07. The zero-order chi connectivity index (χ0) is 13.2. The van der Waals surface area contributed by atoms with Crippen LogP contribution in [-0.2, 0) is 10.2 Å². The number of hydrogen-bond acceptors (Lipinski definition) is 3. The van der Waals surface area contributed by atoms with Crippen LogP contribution in [0.25, 0.3) is 0 Å². The van der Waals surface area contributed by atoms with Crippen molar-refractivity contribution in [2.75, 3.05) is 19.8 Å². The number of ether oxygens (including phenoxy) is 1. The van der Waals surface area contributed by atoms with Crippen LogP contribution in [0.2, 0.25) is 0 Å². The number of hydrogen-bond donors (Lipinski definition) is 1. The maximum Gasteiger partial charge on any atom is 0.0513 e. The Bertz CT molecular complexity index is 374. The van der Waals surface area contributed by atoms with E-state index in [2.05, 4.69) is 45.1 Å². The number of thiophene rings is 1. The summed E-state index contributed by atoms with van der Waals surface area (Å²) in [5.74, 6) is 0.636. The van der Waals surface area contributed by atoms with Gasteiger partial charge in [-0.3, -0.25) is 0 Å². The summed E-state index contributed by atoms with van der Waals surface area (Å²) in [6.07, 6.45) is 1.18. The van der Waals surface area contributed by atoms with Crippen LogP contribution in [0.3, 0.4) is 0 Å². The molecule has 3 heteroatoms. The average Bonchev–Trinajstić information content (AvgIpc) is 2.96. The summed E-state index contributed by atoms with van der Waals surface area (Å²) in [6.45, 7) is 11.9. The van der Waals surface area contributed by atoms with Crippen LogP contribution < -0.4 is 5.32 Å². The van der Waals surface area contributed by atoms with Gasteiger partial charge < -0.3 is 10.1 Å². The molecule has 1 aliphatic rings. The maximum atomic E-state index is 5.54. The molecule has 0 saturated carbocycles. The lowest BCUT2D eigenvalue weighted by Crippen LogP contribution is -2.27. The Hall–Kier alpha value is -0.380. The number of rotatable bonds is 4. The predicted molar refractivity (Wildman–Crippen MR) is 78.4 cm³/mol. The maximum absolute atomic E-state index is 5.54. The van der Waals surface area contributed by atoms with E-state index in [0.717, 1.165) is 19.8 Å². The molecule has 1 saturated heterocycles. The van der Waals surface area contributed by atoms with Gasteiger partial charge in [0, 0.05) is 28.3 Å². The fourth-order valence-corrected chi connectivity index (χ4v) is 3.69. The Morgan fingerprint density at radius 3 is 2.72 bits per heavy atom. The van der Waals surface area contributed by atoms with Crippen molar-refractivity contribution in [1.29, 1.82) is 0 Å². The van der Waals surface area contributed by atoms with Crippen LogP contribution in [0.4, 0.5) is 0 Å². The third-order valence-corrected chi connectivity index (χ3v) is 5.13. The summed E-state index contributed by atoms with van der Waals surface area (Å²) < 4.78 is 5.54. The molecule has 0 aliphatic carbocycles. The molecule has 0 aromatic carbocycles. The molecule has 0 spiro atoms. The molecule has 18 heavy (non-hydrogen) atoms. The zero-order valence-corrected chi connectivity index (χ0v) is 12.8. The highest BCUT2D eigenvalue weighted by Gasteiger charge is 2.28. The first kappa shape index (κ1) is 14.0. The first-order chi connectivity index (χ1) is 8.52. The molecule has 0 amide bonds. The fraction of sp³-hybridized carbons (Fsp3) is 0.733.